The molecule has 0 unspecified atom stereocenters. The number of benzene rings is 1. The minimum atomic E-state index is -5.05. The first-order chi connectivity index (χ1) is 9.74. The SMILES string of the molecule is COc1cc2c(cc1F)CC[C@H](NC(=O)C(F)(F)F)C2=O. The van der Waals surface area contributed by atoms with E-state index in [0.717, 1.165) is 12.1 Å². The van der Waals surface area contributed by atoms with Crippen LogP contribution < -0.4 is 10.1 Å². The van der Waals surface area contributed by atoms with Gasteiger partial charge in [0.15, 0.2) is 17.3 Å². The van der Waals surface area contributed by atoms with Crippen molar-refractivity contribution in [1.29, 1.82) is 0 Å². The molecule has 0 spiro atoms. The van der Waals surface area contributed by atoms with Gasteiger partial charge in [-0.1, -0.05) is 0 Å². The van der Waals surface area contributed by atoms with E-state index in [1.165, 1.54) is 7.11 Å². The number of ketones is 1. The van der Waals surface area contributed by atoms with Crippen LogP contribution >= 0.6 is 0 Å². The van der Waals surface area contributed by atoms with E-state index in [0.29, 0.717) is 5.56 Å². The maximum atomic E-state index is 13.5. The van der Waals surface area contributed by atoms with Gasteiger partial charge in [-0.2, -0.15) is 13.2 Å². The van der Waals surface area contributed by atoms with Crippen LogP contribution in [0.4, 0.5) is 17.6 Å². The van der Waals surface area contributed by atoms with E-state index in [-0.39, 0.29) is 24.2 Å². The minimum Gasteiger partial charge on any atom is -0.494 e. The number of carbonyl (C=O) groups is 2. The Kier molecular flexibility index (Phi) is 3.89. The molecular formula is C13H11F4NO3. The molecule has 0 heterocycles. The van der Waals surface area contributed by atoms with Gasteiger partial charge in [0.2, 0.25) is 0 Å². The number of hydrogen-bond acceptors (Lipinski definition) is 3. The zero-order valence-electron chi connectivity index (χ0n) is 10.9. The number of alkyl halides is 3. The largest absolute Gasteiger partial charge is 0.494 e. The summed E-state index contributed by atoms with van der Waals surface area (Å²) >= 11 is 0. The normalized spacial score (nSPS) is 18.1. The molecule has 0 fully saturated rings. The number of ether oxygens (including phenoxy) is 1. The summed E-state index contributed by atoms with van der Waals surface area (Å²) in [6.45, 7) is 0. The van der Waals surface area contributed by atoms with E-state index in [1.807, 2.05) is 0 Å². The monoisotopic (exact) mass is 305 g/mol. The van der Waals surface area contributed by atoms with Gasteiger partial charge in [-0.15, -0.1) is 0 Å². The van der Waals surface area contributed by atoms with Crippen LogP contribution in [0.15, 0.2) is 12.1 Å². The molecule has 2 rings (SSSR count). The second-order valence-electron chi connectivity index (χ2n) is 4.57. The number of hydrogen-bond donors (Lipinski definition) is 1. The Labute approximate surface area is 117 Å². The van der Waals surface area contributed by atoms with Gasteiger partial charge in [-0.05, 0) is 30.5 Å². The Morgan fingerprint density at radius 3 is 2.62 bits per heavy atom. The molecule has 1 N–H and O–H groups in total. The summed E-state index contributed by atoms with van der Waals surface area (Å²) in [5.74, 6) is -3.68. The number of nitrogens with one attached hydrogen (secondary N) is 1. The predicted molar refractivity (Wildman–Crippen MR) is 63.6 cm³/mol. The predicted octanol–water partition coefficient (Wildman–Crippen LogP) is 2.01. The van der Waals surface area contributed by atoms with Crippen LogP contribution in [-0.4, -0.2) is 31.0 Å². The van der Waals surface area contributed by atoms with E-state index in [9.17, 15) is 27.2 Å². The van der Waals surface area contributed by atoms with E-state index in [2.05, 4.69) is 0 Å². The molecule has 1 aromatic rings. The molecule has 1 aliphatic rings. The Hall–Kier alpha value is -2.12. The fourth-order valence-corrected chi connectivity index (χ4v) is 2.18. The summed E-state index contributed by atoms with van der Waals surface area (Å²) in [6, 6.07) is 0.981. The van der Waals surface area contributed by atoms with Crippen molar-refractivity contribution in [2.24, 2.45) is 0 Å². The summed E-state index contributed by atoms with van der Waals surface area (Å²) < 4.78 is 54.9. The van der Waals surface area contributed by atoms with Crippen LogP contribution in [0.1, 0.15) is 22.3 Å². The first-order valence-corrected chi connectivity index (χ1v) is 6.02. The first kappa shape index (κ1) is 15.3. The Morgan fingerprint density at radius 2 is 2.05 bits per heavy atom. The van der Waals surface area contributed by atoms with Gasteiger partial charge >= 0.3 is 12.1 Å². The van der Waals surface area contributed by atoms with Crippen molar-refractivity contribution in [2.75, 3.05) is 7.11 Å². The number of carbonyl (C=O) groups excluding carboxylic acids is 2. The van der Waals surface area contributed by atoms with Gasteiger partial charge in [0, 0.05) is 5.56 Å². The van der Waals surface area contributed by atoms with Crippen LogP contribution in [0, 0.1) is 5.82 Å². The van der Waals surface area contributed by atoms with Crippen LogP contribution in [0.2, 0.25) is 0 Å². The number of rotatable bonds is 2. The standard InChI is InChI=1S/C13H11F4NO3/c1-21-10-5-7-6(4-8(10)14)2-3-9(11(7)19)18-12(20)13(15,16)17/h4-5,9H,2-3H2,1H3,(H,18,20)/t9-/m0/s1. The number of amides is 1. The highest BCUT2D eigenvalue weighted by molar-refractivity contribution is 6.04. The molecule has 8 heteroatoms. The van der Waals surface area contributed by atoms with Gasteiger partial charge in [0.25, 0.3) is 0 Å². The fourth-order valence-electron chi connectivity index (χ4n) is 2.18. The quantitative estimate of drug-likeness (QED) is 0.850. The smallest absolute Gasteiger partial charge is 0.471 e. The highest BCUT2D eigenvalue weighted by Gasteiger charge is 2.41. The highest BCUT2D eigenvalue weighted by atomic mass is 19.4. The summed E-state index contributed by atoms with van der Waals surface area (Å²) in [5.41, 5.74) is 0.447. The molecule has 4 nitrogen and oxygen atoms in total. The summed E-state index contributed by atoms with van der Waals surface area (Å²) in [6.07, 6.45) is -4.88. The van der Waals surface area contributed by atoms with Crippen LogP contribution in [0.5, 0.6) is 5.75 Å². The Balaban J connectivity index is 2.26. The number of halogens is 4. The average Bonchev–Trinajstić information content (AvgIpc) is 2.40. The molecule has 0 saturated carbocycles. The molecule has 1 aromatic carbocycles. The fraction of sp³-hybridized carbons (Fsp3) is 0.385. The molecule has 1 atom stereocenters. The molecule has 21 heavy (non-hydrogen) atoms. The number of fused-ring (bicyclic) bond motifs is 1. The second-order valence-corrected chi connectivity index (χ2v) is 4.57. The van der Waals surface area contributed by atoms with Crippen molar-refractivity contribution >= 4 is 11.7 Å². The van der Waals surface area contributed by atoms with Crippen molar-refractivity contribution in [3.05, 3.63) is 29.1 Å². The number of aryl methyl sites for hydroxylation is 1. The minimum absolute atomic E-state index is 0.0145. The lowest BCUT2D eigenvalue weighted by Crippen LogP contribution is -2.48. The van der Waals surface area contributed by atoms with E-state index in [1.54, 1.807) is 5.32 Å². The molecule has 0 aromatic heterocycles. The lowest BCUT2D eigenvalue weighted by atomic mass is 9.86. The molecule has 114 valence electrons. The highest BCUT2D eigenvalue weighted by Crippen LogP contribution is 2.28. The van der Waals surface area contributed by atoms with Crippen molar-refractivity contribution in [2.45, 2.75) is 25.1 Å². The van der Waals surface area contributed by atoms with Crippen LogP contribution in [0.3, 0.4) is 0 Å². The third kappa shape index (κ3) is 2.98. The van der Waals surface area contributed by atoms with Gasteiger partial charge < -0.3 is 10.1 Å². The third-order valence-electron chi connectivity index (χ3n) is 3.22. The van der Waals surface area contributed by atoms with Gasteiger partial charge in [-0.3, -0.25) is 9.59 Å². The van der Waals surface area contributed by atoms with E-state index < -0.39 is 29.7 Å². The topological polar surface area (TPSA) is 55.4 Å². The molecule has 0 radical (unpaired) electrons. The summed E-state index contributed by atoms with van der Waals surface area (Å²) in [4.78, 5) is 23.0. The molecular weight excluding hydrogens is 294 g/mol. The van der Waals surface area contributed by atoms with Crippen LogP contribution in [-0.2, 0) is 11.2 Å². The van der Waals surface area contributed by atoms with Crippen molar-refractivity contribution in [1.82, 2.24) is 5.32 Å². The van der Waals surface area contributed by atoms with E-state index >= 15 is 0 Å². The lowest BCUT2D eigenvalue weighted by molar-refractivity contribution is -0.174. The van der Waals surface area contributed by atoms with Gasteiger partial charge in [0.1, 0.15) is 0 Å². The molecule has 1 amide bonds. The van der Waals surface area contributed by atoms with Crippen molar-refractivity contribution < 1.29 is 31.9 Å². The molecule has 0 saturated heterocycles. The maximum absolute atomic E-state index is 13.5. The molecule has 0 bridgehead atoms. The van der Waals surface area contributed by atoms with Crippen molar-refractivity contribution in [3.63, 3.8) is 0 Å². The zero-order chi connectivity index (χ0) is 15.8. The maximum Gasteiger partial charge on any atom is 0.471 e. The van der Waals surface area contributed by atoms with Crippen molar-refractivity contribution in [3.8, 4) is 5.75 Å². The number of Topliss-reactive ketones (excluding diaryl/α,β-unsaturated/α-hetero) is 1. The average molecular weight is 305 g/mol. The summed E-state index contributed by atoms with van der Waals surface area (Å²) in [7, 11) is 1.21. The Bertz CT molecular complexity index is 598. The Morgan fingerprint density at radius 1 is 1.38 bits per heavy atom. The molecule has 0 aliphatic heterocycles. The third-order valence-corrected chi connectivity index (χ3v) is 3.22. The summed E-state index contributed by atoms with van der Waals surface area (Å²) in [5, 5.41) is 1.65. The van der Waals surface area contributed by atoms with Gasteiger partial charge in [-0.25, -0.2) is 4.39 Å². The lowest BCUT2D eigenvalue weighted by Gasteiger charge is -2.25. The first-order valence-electron chi connectivity index (χ1n) is 6.02. The number of methoxy groups -OCH3 is 1. The van der Waals surface area contributed by atoms with E-state index in [4.69, 9.17) is 4.74 Å². The molecule has 1 aliphatic carbocycles. The second kappa shape index (κ2) is 5.34. The zero-order valence-corrected chi connectivity index (χ0v) is 10.9. The van der Waals surface area contributed by atoms with Gasteiger partial charge in [0.05, 0.1) is 13.2 Å². The van der Waals surface area contributed by atoms with Crippen LogP contribution in [0.25, 0.3) is 0 Å².